The lowest BCUT2D eigenvalue weighted by molar-refractivity contribution is 0.0948. The number of carbonyl (C=O) groups excluding carboxylic acids is 1. The van der Waals surface area contributed by atoms with Gasteiger partial charge in [-0.3, -0.25) is 9.59 Å². The van der Waals surface area contributed by atoms with E-state index >= 15 is 0 Å². The fourth-order valence-corrected chi connectivity index (χ4v) is 3.32. The predicted molar refractivity (Wildman–Crippen MR) is 103 cm³/mol. The van der Waals surface area contributed by atoms with E-state index in [1.807, 2.05) is 24.3 Å². The van der Waals surface area contributed by atoms with Gasteiger partial charge in [-0.2, -0.15) is 5.10 Å². The van der Waals surface area contributed by atoms with Gasteiger partial charge < -0.3 is 10.2 Å². The van der Waals surface area contributed by atoms with Crippen LogP contribution < -0.4 is 15.8 Å². The maximum atomic E-state index is 12.3. The SMILES string of the molecule is CCCc1ccc(C(=O)NCC2CCN(c3cnn(C)c(=O)c3)C2)cc1. The predicted octanol–water partition coefficient (Wildman–Crippen LogP) is 1.99. The monoisotopic (exact) mass is 354 g/mol. The Morgan fingerprint density at radius 3 is 2.77 bits per heavy atom. The zero-order valence-corrected chi connectivity index (χ0v) is 15.4. The van der Waals surface area contributed by atoms with Crippen LogP contribution in [0.25, 0.3) is 0 Å². The van der Waals surface area contributed by atoms with Gasteiger partial charge >= 0.3 is 0 Å². The van der Waals surface area contributed by atoms with Crippen LogP contribution in [-0.4, -0.2) is 35.3 Å². The number of anilines is 1. The van der Waals surface area contributed by atoms with E-state index in [2.05, 4.69) is 22.2 Å². The van der Waals surface area contributed by atoms with Gasteiger partial charge in [0.2, 0.25) is 0 Å². The van der Waals surface area contributed by atoms with Crippen molar-refractivity contribution < 1.29 is 4.79 Å². The van der Waals surface area contributed by atoms with Crippen LogP contribution in [0.3, 0.4) is 0 Å². The number of hydrogen-bond acceptors (Lipinski definition) is 4. The Bertz CT molecular complexity index is 813. The molecule has 1 aromatic heterocycles. The average molecular weight is 354 g/mol. The molecular weight excluding hydrogens is 328 g/mol. The first kappa shape index (κ1) is 18.2. The Labute approximate surface area is 153 Å². The maximum absolute atomic E-state index is 12.3. The molecule has 0 saturated carbocycles. The zero-order chi connectivity index (χ0) is 18.5. The first-order chi connectivity index (χ1) is 12.6. The van der Waals surface area contributed by atoms with Crippen molar-refractivity contribution in [3.05, 3.63) is 58.0 Å². The number of carbonyl (C=O) groups is 1. The first-order valence-corrected chi connectivity index (χ1v) is 9.22. The Kier molecular flexibility index (Phi) is 5.71. The molecule has 2 heterocycles. The molecule has 1 unspecified atom stereocenters. The molecule has 0 spiro atoms. The molecule has 6 nitrogen and oxygen atoms in total. The van der Waals surface area contributed by atoms with Gasteiger partial charge in [0.25, 0.3) is 11.5 Å². The van der Waals surface area contributed by atoms with Crippen LogP contribution in [0, 0.1) is 5.92 Å². The smallest absolute Gasteiger partial charge is 0.268 e. The second-order valence-corrected chi connectivity index (χ2v) is 6.93. The maximum Gasteiger partial charge on any atom is 0.268 e. The van der Waals surface area contributed by atoms with Gasteiger partial charge in [-0.1, -0.05) is 25.5 Å². The molecule has 1 aliphatic heterocycles. The summed E-state index contributed by atoms with van der Waals surface area (Å²) < 4.78 is 1.32. The number of rotatable bonds is 6. The summed E-state index contributed by atoms with van der Waals surface area (Å²) in [6.07, 6.45) is 4.86. The van der Waals surface area contributed by atoms with Crippen molar-refractivity contribution in [3.63, 3.8) is 0 Å². The number of aryl methyl sites for hydroxylation is 2. The molecule has 26 heavy (non-hydrogen) atoms. The molecule has 1 N–H and O–H groups in total. The summed E-state index contributed by atoms with van der Waals surface area (Å²) >= 11 is 0. The quantitative estimate of drug-likeness (QED) is 0.861. The van der Waals surface area contributed by atoms with Crippen molar-refractivity contribution in [1.29, 1.82) is 0 Å². The van der Waals surface area contributed by atoms with E-state index < -0.39 is 0 Å². The van der Waals surface area contributed by atoms with E-state index in [1.165, 1.54) is 10.2 Å². The van der Waals surface area contributed by atoms with Gasteiger partial charge in [0, 0.05) is 38.3 Å². The van der Waals surface area contributed by atoms with Gasteiger partial charge in [-0.15, -0.1) is 0 Å². The highest BCUT2D eigenvalue weighted by atomic mass is 16.1. The van der Waals surface area contributed by atoms with Crippen LogP contribution in [0.4, 0.5) is 5.69 Å². The van der Waals surface area contributed by atoms with Crippen molar-refractivity contribution in [2.24, 2.45) is 13.0 Å². The van der Waals surface area contributed by atoms with E-state index in [4.69, 9.17) is 0 Å². The summed E-state index contributed by atoms with van der Waals surface area (Å²) in [4.78, 5) is 26.2. The third-order valence-corrected chi connectivity index (χ3v) is 4.91. The molecule has 1 fully saturated rings. The van der Waals surface area contributed by atoms with Crippen molar-refractivity contribution in [2.45, 2.75) is 26.2 Å². The van der Waals surface area contributed by atoms with Crippen LogP contribution >= 0.6 is 0 Å². The van der Waals surface area contributed by atoms with Gasteiger partial charge in [0.1, 0.15) is 0 Å². The largest absolute Gasteiger partial charge is 0.370 e. The Hall–Kier alpha value is -2.63. The molecule has 1 saturated heterocycles. The third-order valence-electron chi connectivity index (χ3n) is 4.91. The highest BCUT2D eigenvalue weighted by molar-refractivity contribution is 5.94. The molecule has 0 aliphatic carbocycles. The summed E-state index contributed by atoms with van der Waals surface area (Å²) in [7, 11) is 1.64. The Morgan fingerprint density at radius 1 is 1.31 bits per heavy atom. The molecular formula is C20H26N4O2. The second-order valence-electron chi connectivity index (χ2n) is 6.93. The zero-order valence-electron chi connectivity index (χ0n) is 15.4. The average Bonchev–Trinajstić information content (AvgIpc) is 3.12. The van der Waals surface area contributed by atoms with E-state index in [1.54, 1.807) is 19.3 Å². The van der Waals surface area contributed by atoms with Crippen molar-refractivity contribution in [2.75, 3.05) is 24.5 Å². The van der Waals surface area contributed by atoms with Crippen molar-refractivity contribution >= 4 is 11.6 Å². The molecule has 138 valence electrons. The van der Waals surface area contributed by atoms with E-state index in [0.717, 1.165) is 38.0 Å². The minimum atomic E-state index is -0.106. The minimum Gasteiger partial charge on any atom is -0.370 e. The molecule has 1 aromatic carbocycles. The first-order valence-electron chi connectivity index (χ1n) is 9.22. The highest BCUT2D eigenvalue weighted by Gasteiger charge is 2.23. The lowest BCUT2D eigenvalue weighted by atomic mass is 10.1. The topological polar surface area (TPSA) is 67.2 Å². The van der Waals surface area contributed by atoms with Crippen molar-refractivity contribution in [3.8, 4) is 0 Å². The third kappa shape index (κ3) is 4.31. The molecule has 2 aromatic rings. The fraction of sp³-hybridized carbons (Fsp3) is 0.450. The number of nitrogens with one attached hydrogen (secondary N) is 1. The minimum absolute atomic E-state index is 0.0262. The lowest BCUT2D eigenvalue weighted by Crippen LogP contribution is -2.31. The van der Waals surface area contributed by atoms with Gasteiger partial charge in [0.05, 0.1) is 11.9 Å². The van der Waals surface area contributed by atoms with Crippen LogP contribution in [0.2, 0.25) is 0 Å². The van der Waals surface area contributed by atoms with Crippen LogP contribution in [0.1, 0.15) is 35.7 Å². The van der Waals surface area contributed by atoms with E-state index in [0.29, 0.717) is 18.0 Å². The molecule has 1 aliphatic rings. The number of hydrogen-bond donors (Lipinski definition) is 1. The summed E-state index contributed by atoms with van der Waals surface area (Å²) in [5.41, 5.74) is 2.72. The number of nitrogens with zero attached hydrogens (tertiary/aromatic N) is 3. The molecule has 1 amide bonds. The Morgan fingerprint density at radius 2 is 2.08 bits per heavy atom. The second kappa shape index (κ2) is 8.17. The molecule has 0 radical (unpaired) electrons. The summed E-state index contributed by atoms with van der Waals surface area (Å²) in [5, 5.41) is 7.11. The fourth-order valence-electron chi connectivity index (χ4n) is 3.32. The summed E-state index contributed by atoms with van der Waals surface area (Å²) in [6, 6.07) is 9.46. The standard InChI is InChI=1S/C20H26N4O2/c1-3-4-15-5-7-17(8-6-15)20(26)21-12-16-9-10-24(14-16)18-11-19(25)23(2)22-13-18/h5-8,11,13,16H,3-4,9-10,12,14H2,1-2H3,(H,21,26). The van der Waals surface area contributed by atoms with Crippen molar-refractivity contribution in [1.82, 2.24) is 15.1 Å². The number of benzene rings is 1. The van der Waals surface area contributed by atoms with Gasteiger partial charge in [-0.25, -0.2) is 4.68 Å². The summed E-state index contributed by atoms with van der Waals surface area (Å²) in [5.74, 6) is 0.351. The normalized spacial score (nSPS) is 16.7. The van der Waals surface area contributed by atoms with Gasteiger partial charge in [0.15, 0.2) is 0 Å². The molecule has 6 heteroatoms. The van der Waals surface area contributed by atoms with E-state index in [9.17, 15) is 9.59 Å². The molecule has 1 atom stereocenters. The van der Waals surface area contributed by atoms with E-state index in [-0.39, 0.29) is 11.5 Å². The molecule has 3 rings (SSSR count). The Balaban J connectivity index is 1.51. The highest BCUT2D eigenvalue weighted by Crippen LogP contribution is 2.21. The van der Waals surface area contributed by atoms with Gasteiger partial charge in [-0.05, 0) is 36.5 Å². The number of aromatic nitrogens is 2. The molecule has 0 bridgehead atoms. The summed E-state index contributed by atoms with van der Waals surface area (Å²) in [6.45, 7) is 4.49. The van der Waals surface area contributed by atoms with Crippen LogP contribution in [-0.2, 0) is 13.5 Å². The van der Waals surface area contributed by atoms with Crippen LogP contribution in [0.5, 0.6) is 0 Å². The lowest BCUT2D eigenvalue weighted by Gasteiger charge is -2.18. The van der Waals surface area contributed by atoms with Crippen LogP contribution in [0.15, 0.2) is 41.3 Å². The number of amides is 1.